The Kier molecular flexibility index (Phi) is 9.48. The number of hydrogen-bond acceptors (Lipinski definition) is 6. The molecule has 0 aliphatic rings. The van der Waals surface area contributed by atoms with E-state index in [1.54, 1.807) is 31.4 Å². The number of nitrogens with one attached hydrogen (secondary N) is 1. The number of amides is 1. The Hall–Kier alpha value is -3.59. The first-order valence-corrected chi connectivity index (χ1v) is 11.9. The first kappa shape index (κ1) is 26.0. The topological polar surface area (TPSA) is 101 Å². The summed E-state index contributed by atoms with van der Waals surface area (Å²) in [6.07, 6.45) is 1.10. The Labute approximate surface area is 204 Å². The molecule has 0 saturated heterocycles. The molecule has 0 spiro atoms. The van der Waals surface area contributed by atoms with Crippen LogP contribution in [-0.4, -0.2) is 48.5 Å². The Bertz CT molecular complexity index is 1260. The summed E-state index contributed by atoms with van der Waals surface area (Å²) in [5, 5.41) is 3.27. The fraction of sp³-hybridized carbons (Fsp3) is 0.423. The van der Waals surface area contributed by atoms with Crippen molar-refractivity contribution in [3.8, 4) is 11.5 Å². The molecule has 1 heterocycles. The number of hydrogen-bond donors (Lipinski definition) is 1. The molecule has 9 nitrogen and oxygen atoms in total. The van der Waals surface area contributed by atoms with Gasteiger partial charge < -0.3 is 19.5 Å². The summed E-state index contributed by atoms with van der Waals surface area (Å²) in [5.74, 6) is 1.05. The molecular formula is C26H33N3O6. The Morgan fingerprint density at radius 2 is 1.71 bits per heavy atom. The summed E-state index contributed by atoms with van der Waals surface area (Å²) in [6, 6.07) is 12.5. The third-order valence-corrected chi connectivity index (χ3v) is 5.51. The second-order valence-electron chi connectivity index (χ2n) is 7.94. The highest BCUT2D eigenvalue weighted by Gasteiger charge is 2.15. The normalized spacial score (nSPS) is 10.9. The summed E-state index contributed by atoms with van der Waals surface area (Å²) >= 11 is 0. The third-order valence-electron chi connectivity index (χ3n) is 5.51. The minimum atomic E-state index is -0.507. The van der Waals surface area contributed by atoms with Crippen molar-refractivity contribution in [2.24, 2.45) is 0 Å². The molecule has 2 aromatic carbocycles. The van der Waals surface area contributed by atoms with Gasteiger partial charge in [0.25, 0.3) is 5.56 Å². The number of aromatic nitrogens is 2. The molecule has 1 aromatic heterocycles. The SMILES string of the molecule is CCOc1ccc(CCNC(=O)Cn2c(=O)n(CCCOC)c(=O)c3ccccc32)cc1OCC. The summed E-state index contributed by atoms with van der Waals surface area (Å²) in [4.78, 5) is 38.7. The van der Waals surface area contributed by atoms with Gasteiger partial charge in [-0.1, -0.05) is 18.2 Å². The molecule has 35 heavy (non-hydrogen) atoms. The van der Waals surface area contributed by atoms with E-state index in [9.17, 15) is 14.4 Å². The van der Waals surface area contributed by atoms with Gasteiger partial charge in [-0.05, 0) is 56.5 Å². The van der Waals surface area contributed by atoms with Crippen LogP contribution in [-0.2, 0) is 29.0 Å². The minimum Gasteiger partial charge on any atom is -0.490 e. The number of carbonyl (C=O) groups is 1. The Morgan fingerprint density at radius 1 is 0.971 bits per heavy atom. The molecule has 0 bridgehead atoms. The number of rotatable bonds is 13. The molecule has 0 unspecified atom stereocenters. The fourth-order valence-electron chi connectivity index (χ4n) is 3.88. The largest absolute Gasteiger partial charge is 0.490 e. The predicted molar refractivity (Wildman–Crippen MR) is 134 cm³/mol. The molecule has 0 atom stereocenters. The fourth-order valence-corrected chi connectivity index (χ4v) is 3.88. The quantitative estimate of drug-likeness (QED) is 0.375. The van der Waals surface area contributed by atoms with Crippen molar-refractivity contribution in [3.05, 3.63) is 68.9 Å². The van der Waals surface area contributed by atoms with Gasteiger partial charge in [-0.15, -0.1) is 0 Å². The van der Waals surface area contributed by atoms with E-state index in [2.05, 4.69) is 5.32 Å². The van der Waals surface area contributed by atoms with E-state index in [-0.39, 0.29) is 24.6 Å². The molecule has 188 valence electrons. The highest BCUT2D eigenvalue weighted by molar-refractivity contribution is 5.81. The molecule has 0 aliphatic carbocycles. The maximum absolute atomic E-state index is 13.1. The number of methoxy groups -OCH3 is 1. The van der Waals surface area contributed by atoms with Crippen molar-refractivity contribution in [2.75, 3.05) is 33.5 Å². The lowest BCUT2D eigenvalue weighted by Gasteiger charge is -2.14. The predicted octanol–water partition coefficient (Wildman–Crippen LogP) is 2.36. The number of fused-ring (bicyclic) bond motifs is 1. The molecule has 1 N–H and O–H groups in total. The Balaban J connectivity index is 1.73. The van der Waals surface area contributed by atoms with Gasteiger partial charge in [0.05, 0.1) is 24.1 Å². The van der Waals surface area contributed by atoms with Crippen LogP contribution < -0.4 is 26.0 Å². The van der Waals surface area contributed by atoms with Gasteiger partial charge in [0.1, 0.15) is 6.54 Å². The molecule has 9 heteroatoms. The van der Waals surface area contributed by atoms with Crippen LogP contribution in [0.5, 0.6) is 11.5 Å². The van der Waals surface area contributed by atoms with Gasteiger partial charge in [0.15, 0.2) is 11.5 Å². The van der Waals surface area contributed by atoms with Crippen molar-refractivity contribution in [1.82, 2.24) is 14.5 Å². The van der Waals surface area contributed by atoms with Crippen LogP contribution in [0, 0.1) is 0 Å². The number of benzene rings is 2. The zero-order valence-electron chi connectivity index (χ0n) is 20.5. The third kappa shape index (κ3) is 6.51. The van der Waals surface area contributed by atoms with E-state index >= 15 is 0 Å². The van der Waals surface area contributed by atoms with Gasteiger partial charge >= 0.3 is 5.69 Å². The van der Waals surface area contributed by atoms with E-state index in [1.807, 2.05) is 32.0 Å². The molecule has 1 amide bonds. The van der Waals surface area contributed by atoms with E-state index < -0.39 is 5.69 Å². The molecule has 0 radical (unpaired) electrons. The molecule has 0 fully saturated rings. The summed E-state index contributed by atoms with van der Waals surface area (Å²) in [5.41, 5.74) is 0.562. The van der Waals surface area contributed by atoms with Crippen molar-refractivity contribution in [3.63, 3.8) is 0 Å². The summed E-state index contributed by atoms with van der Waals surface area (Å²) in [6.45, 7) is 5.75. The molecule has 0 aliphatic heterocycles. The van der Waals surface area contributed by atoms with Crippen LogP contribution in [0.2, 0.25) is 0 Å². The summed E-state index contributed by atoms with van der Waals surface area (Å²) in [7, 11) is 1.57. The van der Waals surface area contributed by atoms with Gasteiger partial charge in [-0.2, -0.15) is 0 Å². The standard InChI is InChI=1S/C26H33N3O6/c1-4-34-22-12-11-19(17-23(22)35-5-2)13-14-27-24(30)18-29-21-10-7-6-9-20(21)25(31)28(26(29)32)15-8-16-33-3/h6-7,9-12,17H,4-5,8,13-16,18H2,1-3H3,(H,27,30). The highest BCUT2D eigenvalue weighted by Crippen LogP contribution is 2.28. The van der Waals surface area contributed by atoms with Crippen LogP contribution in [0.3, 0.4) is 0 Å². The maximum atomic E-state index is 13.1. The van der Waals surface area contributed by atoms with E-state index in [0.29, 0.717) is 61.6 Å². The average molecular weight is 484 g/mol. The van der Waals surface area contributed by atoms with Crippen molar-refractivity contribution >= 4 is 16.8 Å². The van der Waals surface area contributed by atoms with E-state index in [0.717, 1.165) is 5.56 Å². The lowest BCUT2D eigenvalue weighted by atomic mass is 10.1. The average Bonchev–Trinajstić information content (AvgIpc) is 2.86. The number of nitrogens with zero attached hydrogens (tertiary/aromatic N) is 2. The van der Waals surface area contributed by atoms with E-state index in [4.69, 9.17) is 14.2 Å². The van der Waals surface area contributed by atoms with Crippen molar-refractivity contribution < 1.29 is 19.0 Å². The molecule has 3 rings (SSSR count). The van der Waals surface area contributed by atoms with Gasteiger partial charge in [-0.25, -0.2) is 4.79 Å². The lowest BCUT2D eigenvalue weighted by Crippen LogP contribution is -2.43. The van der Waals surface area contributed by atoms with Crippen LogP contribution >= 0.6 is 0 Å². The van der Waals surface area contributed by atoms with Gasteiger partial charge in [0, 0.05) is 26.8 Å². The van der Waals surface area contributed by atoms with Crippen LogP contribution in [0.1, 0.15) is 25.8 Å². The monoisotopic (exact) mass is 483 g/mol. The maximum Gasteiger partial charge on any atom is 0.331 e. The van der Waals surface area contributed by atoms with E-state index in [1.165, 1.54) is 9.13 Å². The number of carbonyl (C=O) groups excluding carboxylic acids is 1. The van der Waals surface area contributed by atoms with Crippen molar-refractivity contribution in [1.29, 1.82) is 0 Å². The Morgan fingerprint density at radius 3 is 2.46 bits per heavy atom. The van der Waals surface area contributed by atoms with Crippen LogP contribution in [0.25, 0.3) is 10.9 Å². The van der Waals surface area contributed by atoms with Gasteiger partial charge in [0.2, 0.25) is 5.91 Å². The number of para-hydroxylation sites is 1. The number of ether oxygens (including phenoxy) is 3. The molecular weight excluding hydrogens is 450 g/mol. The zero-order chi connectivity index (χ0) is 25.2. The van der Waals surface area contributed by atoms with Crippen LogP contribution in [0.15, 0.2) is 52.1 Å². The zero-order valence-corrected chi connectivity index (χ0v) is 20.5. The lowest BCUT2D eigenvalue weighted by molar-refractivity contribution is -0.121. The first-order chi connectivity index (χ1) is 17.0. The smallest absolute Gasteiger partial charge is 0.331 e. The minimum absolute atomic E-state index is 0.183. The molecule has 0 saturated carbocycles. The second kappa shape index (κ2) is 12.8. The van der Waals surface area contributed by atoms with Gasteiger partial charge in [-0.3, -0.25) is 18.7 Å². The highest BCUT2D eigenvalue weighted by atomic mass is 16.5. The second-order valence-corrected chi connectivity index (χ2v) is 7.94. The molecule has 3 aromatic rings. The summed E-state index contributed by atoms with van der Waals surface area (Å²) < 4.78 is 18.8. The first-order valence-electron chi connectivity index (χ1n) is 11.9. The van der Waals surface area contributed by atoms with Crippen molar-refractivity contribution in [2.45, 2.75) is 39.8 Å². The van der Waals surface area contributed by atoms with Crippen LogP contribution in [0.4, 0.5) is 0 Å².